The second kappa shape index (κ2) is 5.43. The molecule has 2 heterocycles. The third-order valence-electron chi connectivity index (χ3n) is 3.54. The smallest absolute Gasteiger partial charge is 0.0718 e. The first kappa shape index (κ1) is 12.8. The van der Waals surface area contributed by atoms with Crippen LogP contribution >= 0.6 is 0 Å². The molecule has 0 bridgehead atoms. The summed E-state index contributed by atoms with van der Waals surface area (Å²) in [7, 11) is 1.97. The van der Waals surface area contributed by atoms with Gasteiger partial charge < -0.3 is 5.73 Å². The summed E-state index contributed by atoms with van der Waals surface area (Å²) in [5.41, 5.74) is 9.71. The van der Waals surface area contributed by atoms with Gasteiger partial charge in [0.1, 0.15) is 0 Å². The van der Waals surface area contributed by atoms with Crippen LogP contribution in [0.4, 0.5) is 0 Å². The van der Waals surface area contributed by atoms with E-state index in [1.165, 1.54) is 10.9 Å². The van der Waals surface area contributed by atoms with Gasteiger partial charge in [0.25, 0.3) is 0 Å². The molecule has 102 valence electrons. The molecule has 0 aliphatic rings. The number of aryl methyl sites for hydroxylation is 1. The number of pyridine rings is 1. The summed E-state index contributed by atoms with van der Waals surface area (Å²) in [6.07, 6.45) is 5.23. The Kier molecular flexibility index (Phi) is 3.48. The molecule has 3 rings (SSSR count). The second-order valence-electron chi connectivity index (χ2n) is 5.11. The lowest BCUT2D eigenvalue weighted by molar-refractivity contribution is 0.642. The largest absolute Gasteiger partial charge is 0.327 e. The Bertz CT molecular complexity index is 703. The summed E-state index contributed by atoms with van der Waals surface area (Å²) in [5, 5.41) is 5.79. The summed E-state index contributed by atoms with van der Waals surface area (Å²) in [6.45, 7) is 0. The first-order chi connectivity index (χ1) is 9.74. The highest BCUT2D eigenvalue weighted by Gasteiger charge is 2.12. The molecule has 3 aromatic rings. The van der Waals surface area contributed by atoms with Crippen LogP contribution in [-0.4, -0.2) is 20.8 Å². The van der Waals surface area contributed by atoms with Crippen molar-refractivity contribution in [3.63, 3.8) is 0 Å². The zero-order valence-corrected chi connectivity index (χ0v) is 11.5. The molecule has 0 saturated heterocycles. The Hall–Kier alpha value is -2.20. The molecule has 2 aromatic heterocycles. The van der Waals surface area contributed by atoms with E-state index in [1.807, 2.05) is 36.0 Å². The zero-order chi connectivity index (χ0) is 13.9. The summed E-state index contributed by atoms with van der Waals surface area (Å²) < 4.78 is 1.92. The van der Waals surface area contributed by atoms with E-state index in [0.29, 0.717) is 0 Å². The first-order valence-corrected chi connectivity index (χ1v) is 6.79. The Morgan fingerprint density at radius 2 is 1.85 bits per heavy atom. The van der Waals surface area contributed by atoms with Gasteiger partial charge in [0.15, 0.2) is 0 Å². The fraction of sp³-hybridized carbons (Fsp3) is 0.250. The van der Waals surface area contributed by atoms with Crippen molar-refractivity contribution >= 4 is 10.9 Å². The van der Waals surface area contributed by atoms with Crippen LogP contribution in [0.5, 0.6) is 0 Å². The van der Waals surface area contributed by atoms with Crippen molar-refractivity contribution in [1.82, 2.24) is 14.8 Å². The van der Waals surface area contributed by atoms with Crippen molar-refractivity contribution in [2.45, 2.75) is 18.9 Å². The van der Waals surface area contributed by atoms with Crippen molar-refractivity contribution in [3.05, 3.63) is 60.0 Å². The van der Waals surface area contributed by atoms with E-state index in [4.69, 9.17) is 5.73 Å². The highest BCUT2D eigenvalue weighted by atomic mass is 15.3. The van der Waals surface area contributed by atoms with Crippen LogP contribution in [-0.2, 0) is 19.9 Å². The van der Waals surface area contributed by atoms with Crippen LogP contribution in [0.1, 0.15) is 11.3 Å². The van der Waals surface area contributed by atoms with Crippen molar-refractivity contribution in [1.29, 1.82) is 0 Å². The van der Waals surface area contributed by atoms with Crippen LogP contribution in [0.3, 0.4) is 0 Å². The molecule has 1 aromatic carbocycles. The van der Waals surface area contributed by atoms with Crippen molar-refractivity contribution in [3.8, 4) is 0 Å². The lowest BCUT2D eigenvalue weighted by Gasteiger charge is -2.10. The Morgan fingerprint density at radius 3 is 2.65 bits per heavy atom. The number of rotatable bonds is 4. The predicted octanol–water partition coefficient (Wildman–Crippen LogP) is 2.08. The maximum Gasteiger partial charge on any atom is 0.0718 e. The molecule has 0 amide bonds. The second-order valence-corrected chi connectivity index (χ2v) is 5.11. The fourth-order valence-electron chi connectivity index (χ4n) is 2.58. The molecule has 1 atom stereocenters. The molecular formula is C16H18N4. The number of nitrogens with two attached hydrogens (primary N) is 1. The molecule has 2 N–H and O–H groups in total. The van der Waals surface area contributed by atoms with Crippen LogP contribution < -0.4 is 5.73 Å². The lowest BCUT2D eigenvalue weighted by atomic mass is 10.0. The minimum absolute atomic E-state index is 0.0655. The normalized spacial score (nSPS) is 12.7. The average Bonchev–Trinajstić information content (AvgIpc) is 2.77. The van der Waals surface area contributed by atoms with E-state index < -0.39 is 0 Å². The number of para-hydroxylation sites is 1. The van der Waals surface area contributed by atoms with Gasteiger partial charge in [-0.05, 0) is 30.2 Å². The van der Waals surface area contributed by atoms with E-state index in [9.17, 15) is 0 Å². The van der Waals surface area contributed by atoms with Gasteiger partial charge in [0.05, 0.1) is 11.2 Å². The summed E-state index contributed by atoms with van der Waals surface area (Å²) in [4.78, 5) is 4.02. The summed E-state index contributed by atoms with van der Waals surface area (Å²) in [5.74, 6) is 0. The quantitative estimate of drug-likeness (QED) is 0.786. The average molecular weight is 266 g/mol. The van der Waals surface area contributed by atoms with Gasteiger partial charge in [-0.25, -0.2) is 0 Å². The van der Waals surface area contributed by atoms with Gasteiger partial charge in [0, 0.05) is 37.3 Å². The number of nitrogens with zero attached hydrogens (tertiary/aromatic N) is 3. The number of aromatic nitrogens is 3. The van der Waals surface area contributed by atoms with Crippen molar-refractivity contribution in [2.24, 2.45) is 12.8 Å². The monoisotopic (exact) mass is 266 g/mol. The molecule has 0 aliphatic carbocycles. The van der Waals surface area contributed by atoms with E-state index in [-0.39, 0.29) is 6.04 Å². The number of fused-ring (bicyclic) bond motifs is 1. The topological polar surface area (TPSA) is 56.7 Å². The van der Waals surface area contributed by atoms with Gasteiger partial charge in [-0.2, -0.15) is 5.10 Å². The van der Waals surface area contributed by atoms with E-state index >= 15 is 0 Å². The summed E-state index contributed by atoms with van der Waals surface area (Å²) >= 11 is 0. The van der Waals surface area contributed by atoms with Gasteiger partial charge in [-0.1, -0.05) is 18.2 Å². The van der Waals surface area contributed by atoms with E-state index in [0.717, 1.165) is 24.1 Å². The minimum Gasteiger partial charge on any atom is -0.327 e. The molecule has 0 spiro atoms. The Morgan fingerprint density at radius 1 is 1.10 bits per heavy atom. The van der Waals surface area contributed by atoms with Crippen molar-refractivity contribution in [2.75, 3.05) is 0 Å². The molecule has 4 nitrogen and oxygen atoms in total. The molecule has 20 heavy (non-hydrogen) atoms. The molecule has 4 heteroatoms. The maximum absolute atomic E-state index is 6.27. The highest BCUT2D eigenvalue weighted by Crippen LogP contribution is 2.19. The van der Waals surface area contributed by atoms with E-state index in [2.05, 4.69) is 22.2 Å². The van der Waals surface area contributed by atoms with E-state index in [1.54, 1.807) is 12.4 Å². The maximum atomic E-state index is 6.27. The van der Waals surface area contributed by atoms with Gasteiger partial charge in [0.2, 0.25) is 0 Å². The zero-order valence-electron chi connectivity index (χ0n) is 11.5. The third kappa shape index (κ3) is 2.56. The standard InChI is InChI=1S/C16H18N4/c1-20-16-5-3-2-4-14(16)15(19-20)11-13(17)10-12-6-8-18-9-7-12/h2-9,13H,10-11,17H2,1H3. The predicted molar refractivity (Wildman–Crippen MR) is 80.3 cm³/mol. The van der Waals surface area contributed by atoms with Gasteiger partial charge in [-0.15, -0.1) is 0 Å². The number of benzene rings is 1. The molecule has 0 fully saturated rings. The van der Waals surface area contributed by atoms with Gasteiger partial charge >= 0.3 is 0 Å². The Balaban J connectivity index is 1.79. The van der Waals surface area contributed by atoms with Crippen LogP contribution in [0.2, 0.25) is 0 Å². The molecule has 1 unspecified atom stereocenters. The SMILES string of the molecule is Cn1nc(CC(N)Cc2ccncc2)c2ccccc21. The number of hydrogen-bond acceptors (Lipinski definition) is 3. The summed E-state index contributed by atoms with van der Waals surface area (Å²) in [6, 6.07) is 12.4. The highest BCUT2D eigenvalue weighted by molar-refractivity contribution is 5.81. The van der Waals surface area contributed by atoms with Crippen LogP contribution in [0, 0.1) is 0 Å². The third-order valence-corrected chi connectivity index (χ3v) is 3.54. The number of hydrogen-bond donors (Lipinski definition) is 1. The van der Waals surface area contributed by atoms with Gasteiger partial charge in [-0.3, -0.25) is 9.67 Å². The van der Waals surface area contributed by atoms with Crippen LogP contribution in [0.15, 0.2) is 48.8 Å². The fourth-order valence-corrected chi connectivity index (χ4v) is 2.58. The molecule has 0 saturated carbocycles. The van der Waals surface area contributed by atoms with Crippen molar-refractivity contribution < 1.29 is 0 Å². The lowest BCUT2D eigenvalue weighted by Crippen LogP contribution is -2.25. The molecule has 0 radical (unpaired) electrons. The van der Waals surface area contributed by atoms with Crippen LogP contribution in [0.25, 0.3) is 10.9 Å². The first-order valence-electron chi connectivity index (χ1n) is 6.79. The molecule has 0 aliphatic heterocycles. The molecular weight excluding hydrogens is 248 g/mol. The Labute approximate surface area is 118 Å². The minimum atomic E-state index is 0.0655.